The molecule has 0 saturated carbocycles. The van der Waals surface area contributed by atoms with Crippen molar-refractivity contribution < 1.29 is 0 Å². The molecule has 0 saturated heterocycles. The summed E-state index contributed by atoms with van der Waals surface area (Å²) in [5, 5.41) is 3.18. The Kier molecular flexibility index (Phi) is 10.2. The molecule has 0 aliphatic rings. The van der Waals surface area contributed by atoms with Crippen molar-refractivity contribution in [3.05, 3.63) is 29.8 Å². The Balaban J connectivity index is 0.00000400. The van der Waals surface area contributed by atoms with Crippen LogP contribution in [0, 0.1) is 6.92 Å². The summed E-state index contributed by atoms with van der Waals surface area (Å²) in [6.45, 7) is 11.1. The van der Waals surface area contributed by atoms with Crippen molar-refractivity contribution in [3.63, 3.8) is 0 Å². The number of hydrogen-bond donors (Lipinski definition) is 2. The number of aliphatic imine (C=N–C) groups is 1. The Bertz CT molecular complexity index is 434. The number of benzene rings is 1. The van der Waals surface area contributed by atoms with Crippen molar-refractivity contribution in [2.45, 2.75) is 40.2 Å². The number of likely N-dealkylation sites (N-methyl/N-ethyl adjacent to an activating group) is 1. The molecule has 0 fully saturated rings. The fourth-order valence-electron chi connectivity index (χ4n) is 1.99. The summed E-state index contributed by atoms with van der Waals surface area (Å²) in [5.41, 5.74) is 8.39. The molecule has 1 aromatic rings. The van der Waals surface area contributed by atoms with Crippen molar-refractivity contribution in [2.75, 3.05) is 24.5 Å². The highest BCUT2D eigenvalue weighted by molar-refractivity contribution is 14.0. The summed E-state index contributed by atoms with van der Waals surface area (Å²) in [6, 6.07) is 8.92. The lowest BCUT2D eigenvalue weighted by Crippen LogP contribution is -2.38. The molecular formula is C16H29IN4. The Morgan fingerprint density at radius 2 is 2.10 bits per heavy atom. The predicted molar refractivity (Wildman–Crippen MR) is 104 cm³/mol. The molecule has 4 nitrogen and oxygen atoms in total. The predicted octanol–water partition coefficient (Wildman–Crippen LogP) is 3.14. The lowest BCUT2D eigenvalue weighted by atomic mass is 10.2. The molecule has 0 amide bonds. The second-order valence-electron chi connectivity index (χ2n) is 5.14. The lowest BCUT2D eigenvalue weighted by Gasteiger charge is -2.22. The first-order chi connectivity index (χ1) is 9.56. The third kappa shape index (κ3) is 7.55. The van der Waals surface area contributed by atoms with Crippen molar-refractivity contribution in [3.8, 4) is 0 Å². The van der Waals surface area contributed by atoms with Crippen LogP contribution in [0.25, 0.3) is 0 Å². The molecule has 0 bridgehead atoms. The van der Waals surface area contributed by atoms with Gasteiger partial charge in [-0.3, -0.25) is 4.99 Å². The molecule has 1 atom stereocenters. The van der Waals surface area contributed by atoms with Gasteiger partial charge in [0, 0.05) is 24.8 Å². The maximum Gasteiger partial charge on any atom is 0.188 e. The minimum absolute atomic E-state index is 0. The maximum atomic E-state index is 5.86. The van der Waals surface area contributed by atoms with Crippen LogP contribution < -0.4 is 16.0 Å². The van der Waals surface area contributed by atoms with E-state index < -0.39 is 0 Å². The number of anilines is 1. The highest BCUT2D eigenvalue weighted by atomic mass is 127. The summed E-state index contributed by atoms with van der Waals surface area (Å²) < 4.78 is 0. The Labute approximate surface area is 146 Å². The topological polar surface area (TPSA) is 53.6 Å². The van der Waals surface area contributed by atoms with Crippen molar-refractivity contribution in [1.29, 1.82) is 0 Å². The number of aryl methyl sites for hydroxylation is 1. The fraction of sp³-hybridized carbons (Fsp3) is 0.562. The van der Waals surface area contributed by atoms with Crippen molar-refractivity contribution >= 4 is 35.6 Å². The van der Waals surface area contributed by atoms with Crippen LogP contribution in [-0.4, -0.2) is 31.6 Å². The zero-order valence-corrected chi connectivity index (χ0v) is 15.9. The average molecular weight is 404 g/mol. The molecular weight excluding hydrogens is 375 g/mol. The van der Waals surface area contributed by atoms with E-state index in [1.54, 1.807) is 0 Å². The second-order valence-corrected chi connectivity index (χ2v) is 5.14. The highest BCUT2D eigenvalue weighted by Crippen LogP contribution is 2.15. The van der Waals surface area contributed by atoms with Gasteiger partial charge < -0.3 is 16.0 Å². The number of nitrogens with one attached hydrogen (secondary N) is 1. The van der Waals surface area contributed by atoms with Crippen LogP contribution in [0.3, 0.4) is 0 Å². The van der Waals surface area contributed by atoms with Gasteiger partial charge >= 0.3 is 0 Å². The number of nitrogens with two attached hydrogens (primary N) is 1. The van der Waals surface area contributed by atoms with Gasteiger partial charge in [0.2, 0.25) is 0 Å². The van der Waals surface area contributed by atoms with Crippen LogP contribution in [0.4, 0.5) is 5.69 Å². The molecule has 1 unspecified atom stereocenters. The van der Waals surface area contributed by atoms with Gasteiger partial charge in [-0.05, 0) is 44.9 Å². The molecule has 0 spiro atoms. The van der Waals surface area contributed by atoms with Crippen LogP contribution in [0.2, 0.25) is 0 Å². The summed E-state index contributed by atoms with van der Waals surface area (Å²) in [6.07, 6.45) is 1.04. The Hall–Kier alpha value is -0.980. The average Bonchev–Trinajstić information content (AvgIpc) is 2.43. The first-order valence-corrected chi connectivity index (χ1v) is 7.44. The molecule has 0 aliphatic carbocycles. The molecule has 1 rings (SSSR count). The lowest BCUT2D eigenvalue weighted by molar-refractivity contribution is 0.636. The SMILES string of the molecule is CCC(C)NC(N)=NCCN(CC)c1cccc(C)c1.I. The monoisotopic (exact) mass is 404 g/mol. The zero-order chi connectivity index (χ0) is 15.0. The number of rotatable bonds is 7. The highest BCUT2D eigenvalue weighted by Gasteiger charge is 2.04. The van der Waals surface area contributed by atoms with E-state index in [4.69, 9.17) is 5.73 Å². The number of nitrogens with zero attached hydrogens (tertiary/aromatic N) is 2. The largest absolute Gasteiger partial charge is 0.370 e. The van der Waals surface area contributed by atoms with Gasteiger partial charge in [-0.15, -0.1) is 24.0 Å². The summed E-state index contributed by atoms with van der Waals surface area (Å²) >= 11 is 0. The van der Waals surface area contributed by atoms with Crippen LogP contribution >= 0.6 is 24.0 Å². The van der Waals surface area contributed by atoms with Gasteiger partial charge in [-0.25, -0.2) is 0 Å². The fourth-order valence-corrected chi connectivity index (χ4v) is 1.99. The van der Waals surface area contributed by atoms with E-state index in [1.165, 1.54) is 11.3 Å². The van der Waals surface area contributed by atoms with E-state index in [0.717, 1.165) is 19.5 Å². The number of halogens is 1. The van der Waals surface area contributed by atoms with Gasteiger partial charge in [0.1, 0.15) is 0 Å². The van der Waals surface area contributed by atoms with E-state index in [9.17, 15) is 0 Å². The molecule has 0 heterocycles. The summed E-state index contributed by atoms with van der Waals surface area (Å²) in [5.74, 6) is 0.541. The van der Waals surface area contributed by atoms with Gasteiger partial charge in [0.15, 0.2) is 5.96 Å². The molecule has 0 aromatic heterocycles. The number of hydrogen-bond acceptors (Lipinski definition) is 2. The molecule has 0 radical (unpaired) electrons. The first kappa shape index (κ1) is 20.0. The van der Waals surface area contributed by atoms with Crippen LogP contribution in [0.15, 0.2) is 29.3 Å². The zero-order valence-electron chi connectivity index (χ0n) is 13.6. The van der Waals surface area contributed by atoms with Gasteiger partial charge in [0.05, 0.1) is 6.54 Å². The van der Waals surface area contributed by atoms with Crippen molar-refractivity contribution in [2.24, 2.45) is 10.7 Å². The first-order valence-electron chi connectivity index (χ1n) is 7.44. The standard InChI is InChI=1S/C16H28N4.HI/c1-5-14(4)19-16(17)18-10-11-20(6-2)15-9-7-8-13(3)12-15;/h7-9,12,14H,5-6,10-11H2,1-4H3,(H3,17,18,19);1H. The van der Waals surface area contributed by atoms with E-state index in [0.29, 0.717) is 18.5 Å². The number of guanidine groups is 1. The van der Waals surface area contributed by atoms with Crippen LogP contribution in [0.5, 0.6) is 0 Å². The maximum absolute atomic E-state index is 5.86. The molecule has 0 aliphatic heterocycles. The van der Waals surface area contributed by atoms with E-state index in [-0.39, 0.29) is 24.0 Å². The smallest absolute Gasteiger partial charge is 0.188 e. The molecule has 3 N–H and O–H groups in total. The third-order valence-electron chi connectivity index (χ3n) is 3.41. The van der Waals surface area contributed by atoms with Gasteiger partial charge in [-0.2, -0.15) is 0 Å². The minimum Gasteiger partial charge on any atom is -0.370 e. The Morgan fingerprint density at radius 3 is 2.67 bits per heavy atom. The van der Waals surface area contributed by atoms with E-state index in [1.807, 2.05) is 0 Å². The molecule has 120 valence electrons. The molecule has 5 heteroatoms. The van der Waals surface area contributed by atoms with Crippen molar-refractivity contribution in [1.82, 2.24) is 5.32 Å². The van der Waals surface area contributed by atoms with Gasteiger partial charge in [-0.1, -0.05) is 19.1 Å². The quantitative estimate of drug-likeness (QED) is 0.417. The normalized spacial score (nSPS) is 12.5. The van der Waals surface area contributed by atoms with E-state index >= 15 is 0 Å². The van der Waals surface area contributed by atoms with Gasteiger partial charge in [0.25, 0.3) is 0 Å². The second kappa shape index (κ2) is 10.7. The van der Waals surface area contributed by atoms with Crippen LogP contribution in [0.1, 0.15) is 32.8 Å². The minimum atomic E-state index is 0. The summed E-state index contributed by atoms with van der Waals surface area (Å²) in [7, 11) is 0. The third-order valence-corrected chi connectivity index (χ3v) is 3.41. The molecule has 21 heavy (non-hydrogen) atoms. The Morgan fingerprint density at radius 1 is 1.38 bits per heavy atom. The van der Waals surface area contributed by atoms with E-state index in [2.05, 4.69) is 67.2 Å². The summed E-state index contributed by atoms with van der Waals surface area (Å²) in [4.78, 5) is 6.70. The molecule has 1 aromatic carbocycles. The van der Waals surface area contributed by atoms with Crippen LogP contribution in [-0.2, 0) is 0 Å².